The maximum absolute atomic E-state index is 13.1. The molecule has 4 atom stereocenters. The van der Waals surface area contributed by atoms with E-state index in [1.807, 2.05) is 13.8 Å². The molecule has 6 nitrogen and oxygen atoms in total. The first kappa shape index (κ1) is 17.3. The van der Waals surface area contributed by atoms with Crippen molar-refractivity contribution in [3.63, 3.8) is 0 Å². The number of aliphatic hydroxyl groups is 1. The number of hydrogen-bond acceptors (Lipinski definition) is 6. The van der Waals surface area contributed by atoms with E-state index in [-0.39, 0.29) is 30.5 Å². The molecular weight excluding hydrogens is 336 g/mol. The minimum atomic E-state index is -2.06. The van der Waals surface area contributed by atoms with E-state index in [2.05, 4.69) is 0 Å². The minimum Gasteiger partial charge on any atom is -0.458 e. The Morgan fingerprint density at radius 2 is 1.81 bits per heavy atom. The molecule has 1 heterocycles. The number of rotatable bonds is 1. The van der Waals surface area contributed by atoms with Crippen LogP contribution < -0.4 is 0 Å². The largest absolute Gasteiger partial charge is 0.458 e. The lowest BCUT2D eigenvalue weighted by Gasteiger charge is -2.56. The fourth-order valence-electron chi connectivity index (χ4n) is 5.40. The number of ether oxygens (including phenoxy) is 1. The van der Waals surface area contributed by atoms with Crippen LogP contribution in [-0.4, -0.2) is 40.6 Å². The normalized spacial score (nSPS) is 39.5. The van der Waals surface area contributed by atoms with Gasteiger partial charge in [-0.3, -0.25) is 14.4 Å². The third kappa shape index (κ3) is 1.80. The number of esters is 1. The second-order valence-electron chi connectivity index (χ2n) is 8.31. The van der Waals surface area contributed by atoms with E-state index in [4.69, 9.17) is 4.74 Å². The molecule has 26 heavy (non-hydrogen) atoms. The molecule has 138 valence electrons. The SMILES string of the molecule is CC(C)C1=CC(=O)[C@@]2(O)[C@@H](CC[C@H]3C4=C(CC(=O)[C@@]32C)C(=O)OC4)C1=O. The van der Waals surface area contributed by atoms with Crippen LogP contribution in [0.1, 0.15) is 40.0 Å². The zero-order chi connectivity index (χ0) is 19.0. The monoisotopic (exact) mass is 358 g/mol. The summed E-state index contributed by atoms with van der Waals surface area (Å²) in [5.74, 6) is -3.17. The number of cyclic esters (lactones) is 1. The fourth-order valence-corrected chi connectivity index (χ4v) is 5.40. The van der Waals surface area contributed by atoms with E-state index in [0.717, 1.165) is 0 Å². The van der Waals surface area contributed by atoms with Crippen molar-refractivity contribution in [1.82, 2.24) is 0 Å². The molecular formula is C20H22O6. The number of carbonyl (C=O) groups excluding carboxylic acids is 4. The minimum absolute atomic E-state index is 0.0949. The van der Waals surface area contributed by atoms with Crippen LogP contribution >= 0.6 is 0 Å². The summed E-state index contributed by atoms with van der Waals surface area (Å²) >= 11 is 0. The maximum Gasteiger partial charge on any atom is 0.334 e. The standard InChI is InChI=1S/C20H22O6/c1-9(2)10-6-16(22)20(25)14(17(10)23)5-4-13-12-8-26-18(24)11(12)7-15(21)19(13,20)3/h6,9,13-14,25H,4-5,7-8H2,1-3H3/t13-,14-,19+,20-/m0/s1. The highest BCUT2D eigenvalue weighted by atomic mass is 16.5. The number of ketones is 3. The van der Waals surface area contributed by atoms with Crippen molar-refractivity contribution < 1.29 is 29.0 Å². The van der Waals surface area contributed by atoms with E-state index in [1.165, 1.54) is 6.08 Å². The summed E-state index contributed by atoms with van der Waals surface area (Å²) in [6.07, 6.45) is 1.85. The number of allylic oxidation sites excluding steroid dienone is 1. The third-order valence-electron chi connectivity index (χ3n) is 6.95. The summed E-state index contributed by atoms with van der Waals surface area (Å²) in [7, 11) is 0. The molecule has 0 aromatic carbocycles. The van der Waals surface area contributed by atoms with Gasteiger partial charge in [0.2, 0.25) is 0 Å². The van der Waals surface area contributed by atoms with Crippen LogP contribution in [0.2, 0.25) is 0 Å². The molecule has 0 radical (unpaired) electrons. The molecule has 4 rings (SSSR count). The van der Waals surface area contributed by atoms with Gasteiger partial charge in [0.1, 0.15) is 18.0 Å². The summed E-state index contributed by atoms with van der Waals surface area (Å²) in [5.41, 5.74) is -1.99. The summed E-state index contributed by atoms with van der Waals surface area (Å²) in [4.78, 5) is 51.0. The highest BCUT2D eigenvalue weighted by Gasteiger charge is 2.70. The average molecular weight is 358 g/mol. The van der Waals surface area contributed by atoms with E-state index in [0.29, 0.717) is 29.6 Å². The summed E-state index contributed by atoms with van der Waals surface area (Å²) < 4.78 is 5.10. The van der Waals surface area contributed by atoms with Crippen LogP contribution in [0.5, 0.6) is 0 Å². The Labute approximate surface area is 151 Å². The molecule has 1 fully saturated rings. The Bertz CT molecular complexity index is 831. The van der Waals surface area contributed by atoms with Crippen LogP contribution in [0.3, 0.4) is 0 Å². The first-order valence-corrected chi connectivity index (χ1v) is 9.09. The van der Waals surface area contributed by atoms with Gasteiger partial charge in [0.05, 0.1) is 11.3 Å². The summed E-state index contributed by atoms with van der Waals surface area (Å²) in [5, 5.41) is 11.6. The van der Waals surface area contributed by atoms with Crippen LogP contribution in [0.4, 0.5) is 0 Å². The van der Waals surface area contributed by atoms with Crippen LogP contribution in [0.25, 0.3) is 0 Å². The van der Waals surface area contributed by atoms with E-state index < -0.39 is 34.6 Å². The van der Waals surface area contributed by atoms with Gasteiger partial charge in [0.25, 0.3) is 0 Å². The quantitative estimate of drug-likeness (QED) is 0.710. The molecule has 0 saturated heterocycles. The predicted octanol–water partition coefficient (Wildman–Crippen LogP) is 1.31. The number of hydrogen-bond donors (Lipinski definition) is 1. The maximum atomic E-state index is 13.1. The molecule has 1 saturated carbocycles. The van der Waals surface area contributed by atoms with E-state index in [1.54, 1.807) is 6.92 Å². The first-order chi connectivity index (χ1) is 12.1. The summed E-state index contributed by atoms with van der Waals surface area (Å²) in [6, 6.07) is 0. The zero-order valence-electron chi connectivity index (χ0n) is 15.1. The van der Waals surface area contributed by atoms with E-state index >= 15 is 0 Å². The van der Waals surface area contributed by atoms with Gasteiger partial charge >= 0.3 is 5.97 Å². The number of Topliss-reactive ketones (excluding diaryl/α,β-unsaturated/α-hetero) is 2. The van der Waals surface area contributed by atoms with Crippen LogP contribution in [-0.2, 0) is 23.9 Å². The molecule has 0 aromatic rings. The van der Waals surface area contributed by atoms with E-state index in [9.17, 15) is 24.3 Å². The highest BCUT2D eigenvalue weighted by molar-refractivity contribution is 6.17. The molecule has 0 unspecified atom stereocenters. The van der Waals surface area contributed by atoms with Crippen molar-refractivity contribution >= 4 is 23.3 Å². The van der Waals surface area contributed by atoms with Gasteiger partial charge in [-0.1, -0.05) is 13.8 Å². The van der Waals surface area contributed by atoms with Gasteiger partial charge in [-0.05, 0) is 43.3 Å². The Hall–Kier alpha value is -2.08. The smallest absolute Gasteiger partial charge is 0.334 e. The Balaban J connectivity index is 1.89. The zero-order valence-corrected chi connectivity index (χ0v) is 15.1. The molecule has 0 amide bonds. The lowest BCUT2D eigenvalue weighted by atomic mass is 9.46. The average Bonchev–Trinajstić information content (AvgIpc) is 2.93. The summed E-state index contributed by atoms with van der Waals surface area (Å²) in [6.45, 7) is 5.34. The predicted molar refractivity (Wildman–Crippen MR) is 89.8 cm³/mol. The van der Waals surface area contributed by atoms with Gasteiger partial charge in [0, 0.05) is 17.6 Å². The first-order valence-electron chi connectivity index (χ1n) is 9.09. The lowest BCUT2D eigenvalue weighted by molar-refractivity contribution is -0.189. The second-order valence-corrected chi connectivity index (χ2v) is 8.31. The van der Waals surface area contributed by atoms with Crippen molar-refractivity contribution in [3.8, 4) is 0 Å². The molecule has 0 spiro atoms. The molecule has 0 bridgehead atoms. The fraction of sp³-hybridized carbons (Fsp3) is 0.600. The van der Waals surface area contributed by atoms with Crippen LogP contribution in [0.15, 0.2) is 22.8 Å². The molecule has 3 aliphatic carbocycles. The molecule has 1 N–H and O–H groups in total. The topological polar surface area (TPSA) is 97.7 Å². The van der Waals surface area contributed by atoms with Gasteiger partial charge < -0.3 is 9.84 Å². The molecule has 1 aliphatic heterocycles. The van der Waals surface area contributed by atoms with Gasteiger partial charge in [-0.15, -0.1) is 0 Å². The molecule has 6 heteroatoms. The van der Waals surface area contributed by atoms with Crippen molar-refractivity contribution in [2.45, 2.75) is 45.6 Å². The van der Waals surface area contributed by atoms with Gasteiger partial charge in [0.15, 0.2) is 11.6 Å². The highest BCUT2D eigenvalue weighted by Crippen LogP contribution is 2.60. The lowest BCUT2D eigenvalue weighted by Crippen LogP contribution is -2.70. The third-order valence-corrected chi connectivity index (χ3v) is 6.95. The van der Waals surface area contributed by atoms with Gasteiger partial charge in [-0.2, -0.15) is 0 Å². The van der Waals surface area contributed by atoms with Crippen LogP contribution in [0, 0.1) is 23.2 Å². The Kier molecular flexibility index (Phi) is 3.48. The molecule has 4 aliphatic rings. The van der Waals surface area contributed by atoms with Crippen molar-refractivity contribution in [2.24, 2.45) is 23.2 Å². The van der Waals surface area contributed by atoms with Gasteiger partial charge in [-0.25, -0.2) is 4.79 Å². The Morgan fingerprint density at radius 3 is 2.46 bits per heavy atom. The van der Waals surface area contributed by atoms with Crippen molar-refractivity contribution in [3.05, 3.63) is 22.8 Å². The second kappa shape index (κ2) is 5.22. The molecule has 0 aromatic heterocycles. The van der Waals surface area contributed by atoms with Crippen molar-refractivity contribution in [1.29, 1.82) is 0 Å². The number of carbonyl (C=O) groups is 4. The van der Waals surface area contributed by atoms with Crippen molar-refractivity contribution in [2.75, 3.05) is 6.61 Å². The number of fused-ring (bicyclic) bond motifs is 4. The Morgan fingerprint density at radius 1 is 1.15 bits per heavy atom.